The smallest absolute Gasteiger partial charge is 0.344 e. The molecule has 0 saturated heterocycles. The third-order valence-electron chi connectivity index (χ3n) is 3.15. The highest BCUT2D eigenvalue weighted by Crippen LogP contribution is 2.26. The Morgan fingerprint density at radius 1 is 1.38 bits per heavy atom. The van der Waals surface area contributed by atoms with E-state index in [1.54, 1.807) is 13.8 Å². The lowest BCUT2D eigenvalue weighted by Crippen LogP contribution is -2.40. The number of nitrogens with one attached hydrogen (secondary N) is 1. The van der Waals surface area contributed by atoms with Crippen molar-refractivity contribution in [3.63, 3.8) is 0 Å². The molecule has 1 N–H and O–H groups in total. The first-order chi connectivity index (χ1) is 11.0. The molecule has 0 fully saturated rings. The number of carbonyl (C=O) groups excluding carboxylic acids is 1. The molecule has 0 aliphatic heterocycles. The quantitative estimate of drug-likeness (QED) is 0.911. The zero-order chi connectivity index (χ0) is 18.1. The van der Waals surface area contributed by atoms with Gasteiger partial charge in [-0.2, -0.15) is 18.2 Å². The molecule has 1 amide bonds. The molecule has 2 heterocycles. The Morgan fingerprint density at radius 3 is 2.62 bits per heavy atom. The molecule has 0 aliphatic rings. The van der Waals surface area contributed by atoms with Gasteiger partial charge in [-0.05, 0) is 26.0 Å². The van der Waals surface area contributed by atoms with E-state index in [4.69, 9.17) is 4.52 Å². The van der Waals surface area contributed by atoms with Gasteiger partial charge in [-0.15, -0.1) is 0 Å². The van der Waals surface area contributed by atoms with Gasteiger partial charge in [0.15, 0.2) is 5.82 Å². The van der Waals surface area contributed by atoms with Crippen molar-refractivity contribution in [1.82, 2.24) is 20.0 Å². The van der Waals surface area contributed by atoms with Crippen LogP contribution in [0, 0.1) is 0 Å². The van der Waals surface area contributed by atoms with Gasteiger partial charge in [-0.1, -0.05) is 5.16 Å². The second kappa shape index (κ2) is 6.10. The lowest BCUT2D eigenvalue weighted by Gasteiger charge is -2.20. The van der Waals surface area contributed by atoms with Crippen LogP contribution in [-0.4, -0.2) is 20.6 Å². The molecule has 0 unspecified atom stereocenters. The van der Waals surface area contributed by atoms with E-state index in [-0.39, 0.29) is 24.2 Å². The van der Waals surface area contributed by atoms with Crippen LogP contribution in [-0.2, 0) is 23.1 Å². The van der Waals surface area contributed by atoms with Gasteiger partial charge >= 0.3 is 6.18 Å². The molecule has 24 heavy (non-hydrogen) atoms. The molecule has 7 nitrogen and oxygen atoms in total. The minimum Gasteiger partial charge on any atom is -0.344 e. The van der Waals surface area contributed by atoms with Crippen LogP contribution in [0.3, 0.4) is 0 Å². The Labute approximate surface area is 134 Å². The van der Waals surface area contributed by atoms with Crippen molar-refractivity contribution in [2.75, 3.05) is 0 Å². The number of carbonyl (C=O) groups is 1. The molecular formula is C14H15F3N4O3. The molecule has 0 bridgehead atoms. The number of aromatic nitrogens is 3. The summed E-state index contributed by atoms with van der Waals surface area (Å²) in [6.07, 6.45) is -3.55. The molecule has 0 spiro atoms. The Morgan fingerprint density at radius 2 is 2.04 bits per heavy atom. The maximum atomic E-state index is 12.7. The summed E-state index contributed by atoms with van der Waals surface area (Å²) in [4.78, 5) is 27.1. The van der Waals surface area contributed by atoms with Crippen molar-refractivity contribution in [2.45, 2.75) is 39.0 Å². The summed E-state index contributed by atoms with van der Waals surface area (Å²) >= 11 is 0. The van der Waals surface area contributed by atoms with Gasteiger partial charge in [0.25, 0.3) is 5.56 Å². The summed E-state index contributed by atoms with van der Waals surface area (Å²) in [5.74, 6) is -0.210. The van der Waals surface area contributed by atoms with Crippen molar-refractivity contribution in [3.8, 4) is 0 Å². The van der Waals surface area contributed by atoms with Crippen molar-refractivity contribution in [2.24, 2.45) is 0 Å². The third kappa shape index (κ3) is 3.81. The van der Waals surface area contributed by atoms with Gasteiger partial charge in [0.05, 0.1) is 5.54 Å². The summed E-state index contributed by atoms with van der Waals surface area (Å²) in [5.41, 5.74) is -3.40. The van der Waals surface area contributed by atoms with E-state index in [9.17, 15) is 22.8 Å². The van der Waals surface area contributed by atoms with Crippen molar-refractivity contribution in [1.29, 1.82) is 0 Å². The molecule has 0 aliphatic carbocycles. The fourth-order valence-electron chi connectivity index (χ4n) is 2.09. The van der Waals surface area contributed by atoms with Crippen LogP contribution in [0.1, 0.15) is 38.0 Å². The topological polar surface area (TPSA) is 90.0 Å². The van der Waals surface area contributed by atoms with Crippen molar-refractivity contribution in [3.05, 3.63) is 46.0 Å². The Balaban J connectivity index is 2.28. The van der Waals surface area contributed by atoms with E-state index >= 15 is 0 Å². The van der Waals surface area contributed by atoms with Gasteiger partial charge in [0.1, 0.15) is 12.1 Å². The maximum absolute atomic E-state index is 12.7. The van der Waals surface area contributed by atoms with E-state index in [1.807, 2.05) is 0 Å². The van der Waals surface area contributed by atoms with Crippen LogP contribution in [0.25, 0.3) is 0 Å². The summed E-state index contributed by atoms with van der Waals surface area (Å²) < 4.78 is 44.0. The number of rotatable bonds is 4. The number of amides is 1. The zero-order valence-electron chi connectivity index (χ0n) is 13.1. The first-order valence-corrected chi connectivity index (χ1v) is 6.89. The minimum absolute atomic E-state index is 0.0511. The zero-order valence-corrected chi connectivity index (χ0v) is 13.1. The molecule has 2 rings (SSSR count). The predicted octanol–water partition coefficient (Wildman–Crippen LogP) is 1.67. The van der Waals surface area contributed by atoms with Gasteiger partial charge in [-0.3, -0.25) is 9.59 Å². The standard InChI is InChI=1S/C14H15F3N4O3/c1-8(22)19-13(2,3)12-18-10(24-20-12)7-21-6-4-5-9(11(21)23)14(15,16)17/h4-6H,7H2,1-3H3,(H,19,22). The molecule has 0 aromatic carbocycles. The van der Waals surface area contributed by atoms with Crippen LogP contribution in [0.4, 0.5) is 13.2 Å². The van der Waals surface area contributed by atoms with Crippen LogP contribution in [0.5, 0.6) is 0 Å². The van der Waals surface area contributed by atoms with E-state index < -0.39 is 22.8 Å². The first-order valence-electron chi connectivity index (χ1n) is 6.89. The van der Waals surface area contributed by atoms with Crippen LogP contribution >= 0.6 is 0 Å². The number of nitrogens with zero attached hydrogens (tertiary/aromatic N) is 3. The number of hydrogen-bond acceptors (Lipinski definition) is 5. The first kappa shape index (κ1) is 17.7. The normalized spacial score (nSPS) is 12.2. The monoisotopic (exact) mass is 344 g/mol. The Hall–Kier alpha value is -2.65. The molecule has 130 valence electrons. The molecular weight excluding hydrogens is 329 g/mol. The third-order valence-corrected chi connectivity index (χ3v) is 3.15. The van der Waals surface area contributed by atoms with Gasteiger partial charge in [0, 0.05) is 13.1 Å². The highest BCUT2D eigenvalue weighted by Gasteiger charge is 2.34. The van der Waals surface area contributed by atoms with E-state index in [2.05, 4.69) is 15.5 Å². The fraction of sp³-hybridized carbons (Fsp3) is 0.429. The maximum Gasteiger partial charge on any atom is 0.421 e. The summed E-state index contributed by atoms with van der Waals surface area (Å²) in [6, 6.07) is 1.82. The van der Waals surface area contributed by atoms with E-state index in [1.165, 1.54) is 13.1 Å². The molecule has 0 radical (unpaired) electrons. The number of alkyl halides is 3. The minimum atomic E-state index is -4.74. The average molecular weight is 344 g/mol. The molecule has 2 aromatic rings. The van der Waals surface area contributed by atoms with E-state index in [0.29, 0.717) is 6.07 Å². The fourth-order valence-corrected chi connectivity index (χ4v) is 2.09. The molecule has 10 heteroatoms. The van der Waals surface area contributed by atoms with Crippen molar-refractivity contribution < 1.29 is 22.5 Å². The number of halogens is 3. The summed E-state index contributed by atoms with van der Waals surface area (Å²) in [5, 5.41) is 6.31. The number of pyridine rings is 1. The molecule has 0 saturated carbocycles. The van der Waals surface area contributed by atoms with Crippen molar-refractivity contribution >= 4 is 5.91 Å². The van der Waals surface area contributed by atoms with E-state index in [0.717, 1.165) is 10.6 Å². The highest BCUT2D eigenvalue weighted by atomic mass is 19.4. The second-order valence-electron chi connectivity index (χ2n) is 5.67. The largest absolute Gasteiger partial charge is 0.421 e. The van der Waals surface area contributed by atoms with Crippen LogP contribution in [0.2, 0.25) is 0 Å². The van der Waals surface area contributed by atoms with Gasteiger partial charge < -0.3 is 14.4 Å². The van der Waals surface area contributed by atoms with Gasteiger partial charge in [-0.25, -0.2) is 0 Å². The highest BCUT2D eigenvalue weighted by molar-refractivity contribution is 5.73. The van der Waals surface area contributed by atoms with Gasteiger partial charge in [0.2, 0.25) is 11.8 Å². The number of hydrogen-bond donors (Lipinski definition) is 1. The van der Waals surface area contributed by atoms with Crippen LogP contribution in [0.15, 0.2) is 27.6 Å². The second-order valence-corrected chi connectivity index (χ2v) is 5.67. The lowest BCUT2D eigenvalue weighted by molar-refractivity contribution is -0.139. The lowest BCUT2D eigenvalue weighted by atomic mass is 10.1. The molecule has 2 aromatic heterocycles. The SMILES string of the molecule is CC(=O)NC(C)(C)c1noc(Cn2cccc(C(F)(F)F)c2=O)n1. The predicted molar refractivity (Wildman–Crippen MR) is 75.9 cm³/mol. The van der Waals surface area contributed by atoms with Crippen LogP contribution < -0.4 is 10.9 Å². The summed E-state index contributed by atoms with van der Waals surface area (Å²) in [6.45, 7) is 4.29. The molecule has 0 atom stereocenters. The Bertz CT molecular complexity index is 808. The Kier molecular flexibility index (Phi) is 4.50. The average Bonchev–Trinajstić information content (AvgIpc) is 2.88. The summed E-state index contributed by atoms with van der Waals surface area (Å²) in [7, 11) is 0.